The Balaban J connectivity index is 2.03. The number of likely N-dealkylation sites (N-methyl/N-ethyl adjacent to an activating group) is 1. The highest BCUT2D eigenvalue weighted by atomic mass is 79.9. The molecule has 1 atom stereocenters. The van der Waals surface area contributed by atoms with Crippen molar-refractivity contribution >= 4 is 27.3 Å². The van der Waals surface area contributed by atoms with E-state index in [0.29, 0.717) is 6.04 Å². The van der Waals surface area contributed by atoms with Gasteiger partial charge in [0.1, 0.15) is 5.82 Å². The van der Waals surface area contributed by atoms with Crippen LogP contribution in [0.3, 0.4) is 0 Å². The van der Waals surface area contributed by atoms with Gasteiger partial charge in [0, 0.05) is 15.4 Å². The monoisotopic (exact) mass is 341 g/mol. The molecule has 2 aromatic rings. The van der Waals surface area contributed by atoms with Crippen molar-refractivity contribution in [2.24, 2.45) is 0 Å². The van der Waals surface area contributed by atoms with Crippen LogP contribution in [0.5, 0.6) is 0 Å². The fraction of sp³-hybridized carbons (Fsp3) is 0.333. The fourth-order valence-corrected chi connectivity index (χ4v) is 3.70. The molecule has 0 bridgehead atoms. The van der Waals surface area contributed by atoms with Crippen LogP contribution in [0, 0.1) is 5.82 Å². The first-order chi connectivity index (χ1) is 9.19. The normalized spacial score (nSPS) is 12.6. The zero-order chi connectivity index (χ0) is 13.7. The molecule has 1 N–H and O–H groups in total. The molecule has 0 radical (unpaired) electrons. The van der Waals surface area contributed by atoms with E-state index in [-0.39, 0.29) is 5.82 Å². The van der Waals surface area contributed by atoms with Gasteiger partial charge in [-0.3, -0.25) is 0 Å². The predicted molar refractivity (Wildman–Crippen MR) is 83.3 cm³/mol. The molecule has 102 valence electrons. The SMILES string of the molecule is CCNC(Cc1ccc(F)cc1)Cc1sccc1Br. The maximum atomic E-state index is 12.9. The number of rotatable bonds is 6. The van der Waals surface area contributed by atoms with Crippen molar-refractivity contribution in [3.05, 3.63) is 56.4 Å². The van der Waals surface area contributed by atoms with Crippen LogP contribution in [0.25, 0.3) is 0 Å². The molecule has 4 heteroatoms. The number of thiophene rings is 1. The van der Waals surface area contributed by atoms with Crippen LogP contribution in [0.1, 0.15) is 17.4 Å². The fourth-order valence-electron chi connectivity index (χ4n) is 2.10. The van der Waals surface area contributed by atoms with Crippen LogP contribution in [0.2, 0.25) is 0 Å². The van der Waals surface area contributed by atoms with Gasteiger partial charge in [0.15, 0.2) is 0 Å². The van der Waals surface area contributed by atoms with Crippen LogP contribution < -0.4 is 5.32 Å². The summed E-state index contributed by atoms with van der Waals surface area (Å²) in [6.07, 6.45) is 1.90. The topological polar surface area (TPSA) is 12.0 Å². The Hall–Kier alpha value is -0.710. The maximum absolute atomic E-state index is 12.9. The Morgan fingerprint density at radius 2 is 1.95 bits per heavy atom. The minimum atomic E-state index is -0.176. The zero-order valence-electron chi connectivity index (χ0n) is 10.8. The van der Waals surface area contributed by atoms with Gasteiger partial charge in [-0.2, -0.15) is 0 Å². The quantitative estimate of drug-likeness (QED) is 0.820. The maximum Gasteiger partial charge on any atom is 0.123 e. The number of benzene rings is 1. The van der Waals surface area contributed by atoms with Gasteiger partial charge in [0.25, 0.3) is 0 Å². The summed E-state index contributed by atoms with van der Waals surface area (Å²) < 4.78 is 14.1. The third-order valence-corrected chi connectivity index (χ3v) is 4.96. The Labute approximate surface area is 126 Å². The van der Waals surface area contributed by atoms with E-state index in [2.05, 4.69) is 39.6 Å². The molecule has 0 aliphatic rings. The van der Waals surface area contributed by atoms with Crippen molar-refractivity contribution in [2.45, 2.75) is 25.8 Å². The average molecular weight is 342 g/mol. The van der Waals surface area contributed by atoms with Gasteiger partial charge >= 0.3 is 0 Å². The van der Waals surface area contributed by atoms with Crippen molar-refractivity contribution < 1.29 is 4.39 Å². The molecule has 19 heavy (non-hydrogen) atoms. The van der Waals surface area contributed by atoms with E-state index in [1.807, 2.05) is 12.1 Å². The Kier molecular flexibility index (Phi) is 5.55. The van der Waals surface area contributed by atoms with Gasteiger partial charge in [0.2, 0.25) is 0 Å². The summed E-state index contributed by atoms with van der Waals surface area (Å²) in [6, 6.07) is 9.25. The molecule has 0 aliphatic carbocycles. The molecule has 0 saturated carbocycles. The lowest BCUT2D eigenvalue weighted by molar-refractivity contribution is 0.523. The molecule has 1 heterocycles. The van der Waals surface area contributed by atoms with E-state index >= 15 is 0 Å². The number of hydrogen-bond donors (Lipinski definition) is 1. The second kappa shape index (κ2) is 7.17. The molecule has 0 aliphatic heterocycles. The molecule has 1 aromatic carbocycles. The van der Waals surface area contributed by atoms with E-state index in [1.54, 1.807) is 11.3 Å². The van der Waals surface area contributed by atoms with Crippen LogP contribution in [0.4, 0.5) is 4.39 Å². The summed E-state index contributed by atoms with van der Waals surface area (Å²) in [7, 11) is 0. The van der Waals surface area contributed by atoms with Gasteiger partial charge in [-0.15, -0.1) is 11.3 Å². The highest BCUT2D eigenvalue weighted by Crippen LogP contribution is 2.24. The largest absolute Gasteiger partial charge is 0.314 e. The number of hydrogen-bond acceptors (Lipinski definition) is 2. The molecule has 0 spiro atoms. The van der Waals surface area contributed by atoms with E-state index in [4.69, 9.17) is 0 Å². The first-order valence-corrected chi connectivity index (χ1v) is 8.06. The van der Waals surface area contributed by atoms with Gasteiger partial charge in [-0.1, -0.05) is 19.1 Å². The predicted octanol–water partition coefficient (Wildman–Crippen LogP) is 4.41. The average Bonchev–Trinajstić information content (AvgIpc) is 2.78. The minimum absolute atomic E-state index is 0.176. The molecular weight excluding hydrogens is 325 g/mol. The second-order valence-corrected chi connectivity index (χ2v) is 6.34. The highest BCUT2D eigenvalue weighted by Gasteiger charge is 2.12. The summed E-state index contributed by atoms with van der Waals surface area (Å²) >= 11 is 5.34. The summed E-state index contributed by atoms with van der Waals surface area (Å²) in [5.41, 5.74) is 1.17. The van der Waals surface area contributed by atoms with Crippen molar-refractivity contribution in [1.29, 1.82) is 0 Å². The first-order valence-electron chi connectivity index (χ1n) is 6.38. The summed E-state index contributed by atoms with van der Waals surface area (Å²) in [5.74, 6) is -0.176. The lowest BCUT2D eigenvalue weighted by Gasteiger charge is -2.17. The van der Waals surface area contributed by atoms with E-state index in [0.717, 1.165) is 19.4 Å². The number of nitrogens with one attached hydrogen (secondary N) is 1. The van der Waals surface area contributed by atoms with Crippen molar-refractivity contribution in [3.8, 4) is 0 Å². The molecule has 0 fully saturated rings. The van der Waals surface area contributed by atoms with E-state index < -0.39 is 0 Å². The molecule has 1 unspecified atom stereocenters. The van der Waals surface area contributed by atoms with E-state index in [9.17, 15) is 4.39 Å². The molecule has 0 saturated heterocycles. The first kappa shape index (κ1) is 14.7. The summed E-state index contributed by atoms with van der Waals surface area (Å²) in [6.45, 7) is 3.05. The van der Waals surface area contributed by atoms with Crippen LogP contribution >= 0.6 is 27.3 Å². The van der Waals surface area contributed by atoms with Crippen molar-refractivity contribution in [3.63, 3.8) is 0 Å². The Morgan fingerprint density at radius 1 is 1.21 bits per heavy atom. The van der Waals surface area contributed by atoms with Gasteiger partial charge in [-0.25, -0.2) is 4.39 Å². The van der Waals surface area contributed by atoms with Gasteiger partial charge in [-0.05, 0) is 64.5 Å². The van der Waals surface area contributed by atoms with Crippen molar-refractivity contribution in [2.75, 3.05) is 6.54 Å². The summed E-state index contributed by atoms with van der Waals surface area (Å²) in [4.78, 5) is 1.35. The van der Waals surface area contributed by atoms with Gasteiger partial charge in [0.05, 0.1) is 0 Å². The van der Waals surface area contributed by atoms with Crippen molar-refractivity contribution in [1.82, 2.24) is 5.32 Å². The van der Waals surface area contributed by atoms with Crippen LogP contribution in [-0.4, -0.2) is 12.6 Å². The smallest absolute Gasteiger partial charge is 0.123 e. The lowest BCUT2D eigenvalue weighted by atomic mass is 10.0. The van der Waals surface area contributed by atoms with Gasteiger partial charge < -0.3 is 5.32 Å². The minimum Gasteiger partial charge on any atom is -0.314 e. The Bertz CT molecular complexity index is 509. The molecule has 1 nitrogen and oxygen atoms in total. The third-order valence-electron chi connectivity index (χ3n) is 3.01. The third kappa shape index (κ3) is 4.41. The van der Waals surface area contributed by atoms with Crippen LogP contribution in [0.15, 0.2) is 40.2 Å². The Morgan fingerprint density at radius 3 is 2.53 bits per heavy atom. The van der Waals surface area contributed by atoms with E-state index in [1.165, 1.54) is 27.0 Å². The number of halogens is 2. The second-order valence-electron chi connectivity index (χ2n) is 4.48. The zero-order valence-corrected chi connectivity index (χ0v) is 13.2. The van der Waals surface area contributed by atoms with Crippen LogP contribution in [-0.2, 0) is 12.8 Å². The summed E-state index contributed by atoms with van der Waals surface area (Å²) in [5, 5.41) is 5.60. The highest BCUT2D eigenvalue weighted by molar-refractivity contribution is 9.10. The molecule has 0 amide bonds. The lowest BCUT2D eigenvalue weighted by Crippen LogP contribution is -2.32. The molecule has 2 rings (SSSR count). The standard InChI is InChI=1S/C15H17BrFNS/c1-2-18-13(10-15-14(16)7-8-19-15)9-11-3-5-12(17)6-4-11/h3-8,13,18H,2,9-10H2,1H3. The molecule has 1 aromatic heterocycles. The molecular formula is C15H17BrFNS.